The molecule has 1 aliphatic heterocycles. The largest absolute Gasteiger partial charge is 0.477 e. The van der Waals surface area contributed by atoms with Crippen LogP contribution in [0.2, 0.25) is 0 Å². The second-order valence-electron chi connectivity index (χ2n) is 9.40. The van der Waals surface area contributed by atoms with Crippen molar-refractivity contribution in [3.63, 3.8) is 0 Å². The fourth-order valence-electron chi connectivity index (χ4n) is 4.94. The Balaban J connectivity index is 1.27. The van der Waals surface area contributed by atoms with Crippen LogP contribution in [0.25, 0.3) is 22.0 Å². The number of rotatable bonds is 7. The van der Waals surface area contributed by atoms with Gasteiger partial charge in [0.1, 0.15) is 5.56 Å². The van der Waals surface area contributed by atoms with Crippen molar-refractivity contribution in [1.82, 2.24) is 9.88 Å². The molecule has 5 rings (SSSR count). The summed E-state index contributed by atoms with van der Waals surface area (Å²) in [5.74, 6) is -1.25. The van der Waals surface area contributed by atoms with Crippen molar-refractivity contribution in [1.29, 1.82) is 0 Å². The van der Waals surface area contributed by atoms with Gasteiger partial charge in [-0.1, -0.05) is 43.3 Å². The number of H-pyrrole nitrogens is 1. The number of benzene rings is 3. The zero-order valence-corrected chi connectivity index (χ0v) is 20.7. The van der Waals surface area contributed by atoms with Crippen LogP contribution in [0, 0.1) is 0 Å². The summed E-state index contributed by atoms with van der Waals surface area (Å²) in [6.07, 6.45) is 4.04. The van der Waals surface area contributed by atoms with Gasteiger partial charge in [-0.15, -0.1) is 0 Å². The van der Waals surface area contributed by atoms with E-state index in [1.807, 2.05) is 35.2 Å². The number of aryl methyl sites for hydroxylation is 1. The number of nitrogens with one attached hydrogen (secondary N) is 2. The Kier molecular flexibility index (Phi) is 6.77. The van der Waals surface area contributed by atoms with Gasteiger partial charge in [-0.2, -0.15) is 0 Å². The lowest BCUT2D eigenvalue weighted by Crippen LogP contribution is -2.39. The molecule has 1 fully saturated rings. The number of likely N-dealkylation sites (tertiary alicyclic amines) is 1. The summed E-state index contributed by atoms with van der Waals surface area (Å²) in [4.78, 5) is 41.9. The van der Waals surface area contributed by atoms with Gasteiger partial charge in [-0.3, -0.25) is 9.59 Å². The molecule has 0 aliphatic carbocycles. The molecule has 0 spiro atoms. The highest BCUT2D eigenvalue weighted by atomic mass is 16.4. The Morgan fingerprint density at radius 3 is 2.41 bits per heavy atom. The summed E-state index contributed by atoms with van der Waals surface area (Å²) in [6.45, 7) is 3.37. The van der Waals surface area contributed by atoms with E-state index in [-0.39, 0.29) is 17.5 Å². The summed E-state index contributed by atoms with van der Waals surface area (Å²) in [6, 6.07) is 21.5. The van der Waals surface area contributed by atoms with Gasteiger partial charge >= 0.3 is 5.97 Å². The number of aromatic nitrogens is 1. The molecule has 1 unspecified atom stereocenters. The van der Waals surface area contributed by atoms with Crippen LogP contribution in [0.15, 0.2) is 77.7 Å². The molecule has 2 heterocycles. The number of hydrogen-bond acceptors (Lipinski definition) is 4. The normalized spacial score (nSPS) is 15.2. The molecule has 1 aliphatic rings. The van der Waals surface area contributed by atoms with Gasteiger partial charge in [-0.05, 0) is 66.3 Å². The third kappa shape index (κ3) is 4.98. The van der Waals surface area contributed by atoms with E-state index >= 15 is 0 Å². The maximum absolute atomic E-state index is 13.3. The second-order valence-corrected chi connectivity index (χ2v) is 9.40. The Morgan fingerprint density at radius 1 is 1.03 bits per heavy atom. The molecular formula is C30H29N3O4. The van der Waals surface area contributed by atoms with Crippen LogP contribution in [0.5, 0.6) is 0 Å². The van der Waals surface area contributed by atoms with Crippen LogP contribution in [0.1, 0.15) is 46.0 Å². The lowest BCUT2D eigenvalue weighted by molar-refractivity contribution is 0.0693. The number of carbonyl (C=O) groups excluding carboxylic acids is 1. The molecule has 37 heavy (non-hydrogen) atoms. The van der Waals surface area contributed by atoms with E-state index in [0.717, 1.165) is 30.4 Å². The fraction of sp³-hybridized carbons (Fsp3) is 0.233. The summed E-state index contributed by atoms with van der Waals surface area (Å²) >= 11 is 0. The Morgan fingerprint density at radius 2 is 1.73 bits per heavy atom. The molecule has 7 nitrogen and oxygen atoms in total. The first-order chi connectivity index (χ1) is 17.9. The van der Waals surface area contributed by atoms with Crippen LogP contribution < -0.4 is 10.7 Å². The maximum atomic E-state index is 13.3. The number of fused-ring (bicyclic) bond motifs is 1. The van der Waals surface area contributed by atoms with Crippen molar-refractivity contribution in [2.75, 3.05) is 18.4 Å². The minimum atomic E-state index is -1.26. The highest BCUT2D eigenvalue weighted by Crippen LogP contribution is 2.25. The number of hydrogen-bond donors (Lipinski definition) is 3. The van der Waals surface area contributed by atoms with E-state index in [0.29, 0.717) is 35.2 Å². The number of carboxylic acid groups (broad SMARTS) is 1. The molecule has 3 N–H and O–H groups in total. The van der Waals surface area contributed by atoms with Gasteiger partial charge in [-0.25, -0.2) is 4.79 Å². The van der Waals surface area contributed by atoms with Crippen LogP contribution >= 0.6 is 0 Å². The second kappa shape index (κ2) is 10.3. The third-order valence-electron chi connectivity index (χ3n) is 7.12. The molecule has 7 heteroatoms. The van der Waals surface area contributed by atoms with Gasteiger partial charge in [0, 0.05) is 47.5 Å². The first-order valence-corrected chi connectivity index (χ1v) is 12.6. The standard InChI is InChI=1S/C30H29N3O4/c1-2-19-5-7-20(8-6-19)21-9-11-22(12-10-21)29(35)33-15-3-4-24(33)17-31-23-13-14-27-25(16-23)28(34)26(18-32-27)30(36)37/h5-14,16,18,24,31H,2-4,15,17H2,1H3,(H,32,34)(H,36,37). The minimum absolute atomic E-state index is 0.0123. The van der Waals surface area contributed by atoms with Gasteiger partial charge < -0.3 is 20.3 Å². The molecule has 0 bridgehead atoms. The first kappa shape index (κ1) is 24.3. The average molecular weight is 496 g/mol. The molecule has 188 valence electrons. The predicted molar refractivity (Wildman–Crippen MR) is 145 cm³/mol. The number of pyridine rings is 1. The molecular weight excluding hydrogens is 466 g/mol. The van der Waals surface area contributed by atoms with Crippen LogP contribution in [0.3, 0.4) is 0 Å². The zero-order valence-electron chi connectivity index (χ0n) is 20.7. The Bertz CT molecular complexity index is 1510. The van der Waals surface area contributed by atoms with Crippen molar-refractivity contribution in [2.45, 2.75) is 32.2 Å². The molecule has 0 radical (unpaired) electrons. The maximum Gasteiger partial charge on any atom is 0.341 e. The minimum Gasteiger partial charge on any atom is -0.477 e. The number of amides is 1. The van der Waals surface area contributed by atoms with Crippen molar-refractivity contribution >= 4 is 28.5 Å². The van der Waals surface area contributed by atoms with E-state index in [1.165, 1.54) is 11.8 Å². The van der Waals surface area contributed by atoms with E-state index in [2.05, 4.69) is 41.5 Å². The Hall–Kier alpha value is -4.39. The van der Waals surface area contributed by atoms with Gasteiger partial charge in [0.05, 0.1) is 0 Å². The van der Waals surface area contributed by atoms with Crippen molar-refractivity contribution in [3.05, 3.63) is 99.8 Å². The number of carboxylic acids is 1. The molecule has 0 saturated carbocycles. The van der Waals surface area contributed by atoms with Crippen LogP contribution in [-0.4, -0.2) is 46.0 Å². The summed E-state index contributed by atoms with van der Waals surface area (Å²) in [5, 5.41) is 12.9. The number of nitrogens with zero attached hydrogens (tertiary/aromatic N) is 1. The number of carbonyl (C=O) groups is 2. The van der Waals surface area contributed by atoms with Gasteiger partial charge in [0.15, 0.2) is 0 Å². The fourth-order valence-corrected chi connectivity index (χ4v) is 4.94. The van der Waals surface area contributed by atoms with Crippen molar-refractivity contribution in [3.8, 4) is 11.1 Å². The average Bonchev–Trinajstić information content (AvgIpc) is 3.40. The predicted octanol–water partition coefficient (Wildman–Crippen LogP) is 5.17. The lowest BCUT2D eigenvalue weighted by Gasteiger charge is -2.25. The quantitative estimate of drug-likeness (QED) is 0.328. The number of anilines is 1. The van der Waals surface area contributed by atoms with E-state index in [4.69, 9.17) is 0 Å². The van der Waals surface area contributed by atoms with Crippen molar-refractivity contribution < 1.29 is 14.7 Å². The van der Waals surface area contributed by atoms with Gasteiger partial charge in [0.2, 0.25) is 5.43 Å². The smallest absolute Gasteiger partial charge is 0.341 e. The lowest BCUT2D eigenvalue weighted by atomic mass is 10.0. The monoisotopic (exact) mass is 495 g/mol. The molecule has 1 amide bonds. The number of aromatic carboxylic acids is 1. The van der Waals surface area contributed by atoms with E-state index in [9.17, 15) is 19.5 Å². The van der Waals surface area contributed by atoms with Crippen LogP contribution in [-0.2, 0) is 6.42 Å². The SMILES string of the molecule is CCc1ccc(-c2ccc(C(=O)N3CCCC3CNc3ccc4[nH]cc(C(=O)O)c(=O)c4c3)cc2)cc1. The summed E-state index contributed by atoms with van der Waals surface area (Å²) < 4.78 is 0. The highest BCUT2D eigenvalue weighted by Gasteiger charge is 2.29. The first-order valence-electron chi connectivity index (χ1n) is 12.6. The molecule has 1 aromatic heterocycles. The van der Waals surface area contributed by atoms with E-state index in [1.54, 1.807) is 12.1 Å². The molecule has 1 saturated heterocycles. The van der Waals surface area contributed by atoms with Crippen LogP contribution in [0.4, 0.5) is 5.69 Å². The number of aromatic amines is 1. The highest BCUT2D eigenvalue weighted by molar-refractivity contribution is 5.95. The van der Waals surface area contributed by atoms with Gasteiger partial charge in [0.25, 0.3) is 5.91 Å². The zero-order chi connectivity index (χ0) is 25.9. The Labute approximate surface area is 214 Å². The summed E-state index contributed by atoms with van der Waals surface area (Å²) in [7, 11) is 0. The summed E-state index contributed by atoms with van der Waals surface area (Å²) in [5.41, 5.74) is 4.64. The molecule has 1 atom stereocenters. The third-order valence-corrected chi connectivity index (χ3v) is 7.12. The van der Waals surface area contributed by atoms with Crippen molar-refractivity contribution in [2.24, 2.45) is 0 Å². The molecule has 3 aromatic carbocycles. The molecule has 4 aromatic rings. The van der Waals surface area contributed by atoms with E-state index < -0.39 is 11.4 Å². The topological polar surface area (TPSA) is 102 Å².